The third-order valence-electron chi connectivity index (χ3n) is 5.15. The number of nitrogens with one attached hydrogen (secondary N) is 1. The Morgan fingerprint density at radius 2 is 2.13 bits per heavy atom. The molecule has 0 aliphatic carbocycles. The van der Waals surface area contributed by atoms with Gasteiger partial charge in [-0.25, -0.2) is 10.1 Å². The Hall–Kier alpha value is -3.31. The smallest absolute Gasteiger partial charge is 0.293 e. The normalized spacial score (nSPS) is 16.9. The van der Waals surface area contributed by atoms with Gasteiger partial charge in [0.1, 0.15) is 0 Å². The molecule has 1 aliphatic heterocycles. The Kier molecular flexibility index (Phi) is 7.32. The van der Waals surface area contributed by atoms with Crippen LogP contribution in [0.15, 0.2) is 40.1 Å². The van der Waals surface area contributed by atoms with Gasteiger partial charge in [-0.2, -0.15) is 9.78 Å². The van der Waals surface area contributed by atoms with Gasteiger partial charge in [-0.05, 0) is 42.2 Å². The molecule has 0 spiro atoms. The van der Waals surface area contributed by atoms with E-state index in [-0.39, 0.29) is 29.7 Å². The predicted octanol–water partition coefficient (Wildman–Crippen LogP) is 1.79. The zero-order valence-electron chi connectivity index (χ0n) is 17.0. The monoisotopic (exact) mass is 445 g/mol. The first-order valence-corrected chi connectivity index (χ1v) is 9.79. The second-order valence-electron chi connectivity index (χ2n) is 7.19. The van der Waals surface area contributed by atoms with Gasteiger partial charge in [0.2, 0.25) is 11.6 Å². The third-order valence-corrected chi connectivity index (χ3v) is 5.15. The molecule has 3 N–H and O–H groups in total. The minimum atomic E-state index is -0.469. The first kappa shape index (κ1) is 22.4. The van der Waals surface area contributed by atoms with E-state index >= 15 is 0 Å². The Labute approximate surface area is 185 Å². The number of hydrogen-bond acceptors (Lipinski definition) is 9. The van der Waals surface area contributed by atoms with E-state index in [0.717, 1.165) is 24.9 Å². The topological polar surface area (TPSA) is 140 Å². The minimum Gasteiger partial charge on any atom is -0.378 e. The first-order valence-electron chi connectivity index (χ1n) is 9.79. The van der Waals surface area contributed by atoms with Crippen molar-refractivity contribution in [3.05, 3.63) is 47.3 Å². The number of aromatic nitrogens is 5. The van der Waals surface area contributed by atoms with Crippen LogP contribution in [-0.4, -0.2) is 54.9 Å². The summed E-state index contributed by atoms with van der Waals surface area (Å²) in [6.45, 7) is 3.56. The number of likely N-dealkylation sites (tertiary alicyclic amines) is 1. The van der Waals surface area contributed by atoms with Crippen LogP contribution in [0.3, 0.4) is 0 Å². The van der Waals surface area contributed by atoms with Crippen LogP contribution in [0.25, 0.3) is 5.82 Å². The van der Waals surface area contributed by atoms with E-state index in [1.165, 1.54) is 11.1 Å². The molecule has 1 saturated heterocycles. The maximum absolute atomic E-state index is 12.8. The van der Waals surface area contributed by atoms with E-state index in [2.05, 4.69) is 43.0 Å². The summed E-state index contributed by atoms with van der Waals surface area (Å²) in [6.07, 6.45) is 4.95. The molecule has 0 bridgehead atoms. The molecule has 11 nitrogen and oxygen atoms in total. The quantitative estimate of drug-likeness (QED) is 0.432. The summed E-state index contributed by atoms with van der Waals surface area (Å²) in [7, 11) is 0. The molecule has 31 heavy (non-hydrogen) atoms. The lowest BCUT2D eigenvalue weighted by Gasteiger charge is -2.33. The van der Waals surface area contributed by atoms with Crippen molar-refractivity contribution in [1.82, 2.24) is 35.6 Å². The molecule has 2 aromatic heterocycles. The molecule has 1 fully saturated rings. The Morgan fingerprint density at radius 3 is 2.84 bits per heavy atom. The van der Waals surface area contributed by atoms with Crippen LogP contribution in [0.4, 0.5) is 5.82 Å². The summed E-state index contributed by atoms with van der Waals surface area (Å²) in [5.41, 5.74) is 9.93. The van der Waals surface area contributed by atoms with Crippen molar-refractivity contribution in [2.24, 2.45) is 5.10 Å². The molecular formula is C19H24ClN9O2. The number of rotatable bonds is 6. The number of piperidine rings is 1. The van der Waals surface area contributed by atoms with Crippen LogP contribution in [0.5, 0.6) is 0 Å². The number of hydrogen-bond donors (Lipinski definition) is 2. The average molecular weight is 446 g/mol. The number of halogens is 1. The number of carbonyl (C=O) groups is 1. The highest BCUT2D eigenvalue weighted by Gasteiger charge is 2.27. The average Bonchev–Trinajstić information content (AvgIpc) is 3.36. The lowest BCUT2D eigenvalue weighted by molar-refractivity contribution is 0.0945. The van der Waals surface area contributed by atoms with E-state index in [0.29, 0.717) is 18.3 Å². The van der Waals surface area contributed by atoms with Gasteiger partial charge in [-0.3, -0.25) is 9.69 Å². The molecule has 1 atom stereocenters. The molecule has 1 aliphatic rings. The Morgan fingerprint density at radius 1 is 1.32 bits per heavy atom. The minimum absolute atomic E-state index is 0. The van der Waals surface area contributed by atoms with Crippen LogP contribution in [0.1, 0.15) is 47.9 Å². The van der Waals surface area contributed by atoms with Gasteiger partial charge < -0.3 is 5.73 Å². The van der Waals surface area contributed by atoms with Crippen LogP contribution in [0.2, 0.25) is 0 Å². The summed E-state index contributed by atoms with van der Waals surface area (Å²) < 4.78 is 6.10. The lowest BCUT2D eigenvalue weighted by Crippen LogP contribution is -2.38. The van der Waals surface area contributed by atoms with E-state index in [1.54, 1.807) is 6.21 Å². The number of amides is 1. The molecule has 4 rings (SSSR count). The van der Waals surface area contributed by atoms with Crippen LogP contribution in [-0.2, 0) is 6.54 Å². The molecule has 3 aromatic rings. The van der Waals surface area contributed by atoms with Gasteiger partial charge in [0.15, 0.2) is 5.69 Å². The number of nitrogens with zero attached hydrogens (tertiary/aromatic N) is 7. The molecule has 12 heteroatoms. The number of benzene rings is 1. The number of nitrogen functional groups attached to an aromatic ring is 1. The number of hydrazone groups is 1. The molecule has 0 saturated carbocycles. The second-order valence-corrected chi connectivity index (χ2v) is 7.19. The molecule has 0 radical (unpaired) electrons. The van der Waals surface area contributed by atoms with Crippen molar-refractivity contribution < 1.29 is 9.42 Å². The van der Waals surface area contributed by atoms with Crippen molar-refractivity contribution in [3.63, 3.8) is 0 Å². The molecule has 3 heterocycles. The first-order chi connectivity index (χ1) is 14.6. The summed E-state index contributed by atoms with van der Waals surface area (Å²) in [5, 5.41) is 19.6. The lowest BCUT2D eigenvalue weighted by atomic mass is 10.0. The zero-order chi connectivity index (χ0) is 20.9. The third kappa shape index (κ3) is 5.06. The van der Waals surface area contributed by atoms with Crippen LogP contribution >= 0.6 is 12.4 Å². The highest BCUT2D eigenvalue weighted by molar-refractivity contribution is 5.94. The van der Waals surface area contributed by atoms with Crippen LogP contribution in [0, 0.1) is 0 Å². The van der Waals surface area contributed by atoms with E-state index < -0.39 is 5.91 Å². The Balaban J connectivity index is 0.00000272. The summed E-state index contributed by atoms with van der Waals surface area (Å²) in [6, 6.07) is 9.84. The summed E-state index contributed by atoms with van der Waals surface area (Å²) in [4.78, 5) is 15.1. The van der Waals surface area contributed by atoms with Crippen LogP contribution < -0.4 is 11.2 Å². The van der Waals surface area contributed by atoms with Crippen molar-refractivity contribution in [2.45, 2.75) is 38.8 Å². The van der Waals surface area contributed by atoms with Gasteiger partial charge in [0.25, 0.3) is 5.91 Å². The second kappa shape index (κ2) is 10.1. The predicted molar refractivity (Wildman–Crippen MR) is 116 cm³/mol. The van der Waals surface area contributed by atoms with E-state index in [1.807, 2.05) is 30.3 Å². The standard InChI is InChI=1S/C19H23N9O2.ClH/c1-13-7-5-6-10-27(13)12-15-16(22-26-28(15)18-17(20)24-30-25-18)19(29)23-21-11-14-8-3-2-4-9-14;/h2-4,8-9,11,13H,5-7,10,12H2,1H3,(H2,20,24)(H,23,29);1H/b21-11-;. The molecule has 1 aromatic carbocycles. The zero-order valence-corrected chi connectivity index (χ0v) is 17.8. The highest BCUT2D eigenvalue weighted by atomic mass is 35.5. The van der Waals surface area contributed by atoms with Gasteiger partial charge in [-0.15, -0.1) is 17.5 Å². The fourth-order valence-corrected chi connectivity index (χ4v) is 3.47. The molecule has 1 amide bonds. The summed E-state index contributed by atoms with van der Waals surface area (Å²) >= 11 is 0. The number of carbonyl (C=O) groups excluding carboxylic acids is 1. The maximum Gasteiger partial charge on any atom is 0.293 e. The maximum atomic E-state index is 12.8. The number of anilines is 1. The largest absolute Gasteiger partial charge is 0.378 e. The molecule has 1 unspecified atom stereocenters. The van der Waals surface area contributed by atoms with Gasteiger partial charge in [0, 0.05) is 12.6 Å². The van der Waals surface area contributed by atoms with Crippen molar-refractivity contribution >= 4 is 30.3 Å². The van der Waals surface area contributed by atoms with Gasteiger partial charge in [0.05, 0.1) is 11.9 Å². The van der Waals surface area contributed by atoms with Gasteiger partial charge >= 0.3 is 0 Å². The van der Waals surface area contributed by atoms with E-state index in [9.17, 15) is 4.79 Å². The highest BCUT2D eigenvalue weighted by Crippen LogP contribution is 2.22. The molecule has 164 valence electrons. The fraction of sp³-hybridized carbons (Fsp3) is 0.368. The van der Waals surface area contributed by atoms with Crippen molar-refractivity contribution in [1.29, 1.82) is 0 Å². The SMILES string of the molecule is CC1CCCCN1Cc1c(C(=O)N/N=C\c2ccccc2)nnn1-c1nonc1N.Cl. The summed E-state index contributed by atoms with van der Waals surface area (Å²) in [5.74, 6) is -0.195. The molecular weight excluding hydrogens is 422 g/mol. The Bertz CT molecular complexity index is 1030. The van der Waals surface area contributed by atoms with Crippen molar-refractivity contribution in [3.8, 4) is 5.82 Å². The fourth-order valence-electron chi connectivity index (χ4n) is 3.47. The van der Waals surface area contributed by atoms with E-state index in [4.69, 9.17) is 10.4 Å². The van der Waals surface area contributed by atoms with Gasteiger partial charge in [-0.1, -0.05) is 42.0 Å². The van der Waals surface area contributed by atoms with Crippen molar-refractivity contribution in [2.75, 3.05) is 12.3 Å². The number of nitrogens with two attached hydrogens (primary N) is 1.